The molecule has 0 atom stereocenters. The van der Waals surface area contributed by atoms with Crippen molar-refractivity contribution in [2.24, 2.45) is 0 Å². The average Bonchev–Trinajstić information content (AvgIpc) is 2.30. The summed E-state index contributed by atoms with van der Waals surface area (Å²) in [5.74, 6) is 0. The third-order valence-electron chi connectivity index (χ3n) is 2.49. The largest absolute Gasteiger partial charge is 0.250 e. The molecule has 0 N–H and O–H groups in total. The van der Waals surface area contributed by atoms with Crippen LogP contribution in [0.15, 0.2) is 0 Å². The lowest BCUT2D eigenvalue weighted by Gasteiger charge is -2.27. The van der Waals surface area contributed by atoms with Gasteiger partial charge in [0.05, 0.1) is 4.58 Å². The Hall–Kier alpha value is 0.620. The molecule has 0 bridgehead atoms. The van der Waals surface area contributed by atoms with E-state index >= 15 is 0 Å². The second-order valence-electron chi connectivity index (χ2n) is 4.64. The zero-order chi connectivity index (χ0) is 13.8. The maximum absolute atomic E-state index is 2.54. The minimum absolute atomic E-state index is 0.626. The van der Waals surface area contributed by atoms with E-state index < -0.39 is 0 Å². The third-order valence-corrected chi connectivity index (χ3v) is 4.92. The van der Waals surface area contributed by atoms with Gasteiger partial charge in [0, 0.05) is 26.2 Å². The molecule has 0 aromatic carbocycles. The van der Waals surface area contributed by atoms with Crippen LogP contribution in [0.1, 0.15) is 60.3 Å². The van der Waals surface area contributed by atoms with Crippen LogP contribution in [-0.2, 0) is 0 Å². The molecular weight excluding hydrogens is 260 g/mol. The highest BCUT2D eigenvalue weighted by Crippen LogP contribution is 2.29. The van der Waals surface area contributed by atoms with Crippen molar-refractivity contribution in [1.82, 2.24) is 8.61 Å². The van der Waals surface area contributed by atoms with E-state index in [0.29, 0.717) is 4.58 Å². The van der Waals surface area contributed by atoms with E-state index in [1.807, 2.05) is 23.9 Å². The molecule has 0 unspecified atom stereocenters. The van der Waals surface area contributed by atoms with E-state index in [1.54, 1.807) is 0 Å². The van der Waals surface area contributed by atoms with Crippen molar-refractivity contribution in [3.8, 4) is 0 Å². The molecule has 110 valence electrons. The van der Waals surface area contributed by atoms with Gasteiger partial charge in [-0.1, -0.05) is 51.6 Å². The van der Waals surface area contributed by atoms with Gasteiger partial charge >= 0.3 is 0 Å². The fourth-order valence-electron chi connectivity index (χ4n) is 1.87. The number of rotatable bonds is 12. The van der Waals surface area contributed by atoms with Gasteiger partial charge in [-0.2, -0.15) is 0 Å². The summed E-state index contributed by atoms with van der Waals surface area (Å²) in [6.45, 7) is 16.3. The highest BCUT2D eigenvalue weighted by molar-refractivity contribution is 8.14. The normalized spacial score (nSPS) is 12.0. The Morgan fingerprint density at radius 3 is 1.17 bits per heavy atom. The van der Waals surface area contributed by atoms with E-state index in [4.69, 9.17) is 0 Å². The lowest BCUT2D eigenvalue weighted by Crippen LogP contribution is -2.24. The molecule has 0 fully saturated rings. The van der Waals surface area contributed by atoms with Crippen molar-refractivity contribution in [2.75, 3.05) is 26.2 Å². The van der Waals surface area contributed by atoms with E-state index in [9.17, 15) is 0 Å². The van der Waals surface area contributed by atoms with Gasteiger partial charge in [0.2, 0.25) is 0 Å². The predicted molar refractivity (Wildman–Crippen MR) is 89.0 cm³/mol. The number of hydrogen-bond acceptors (Lipinski definition) is 4. The van der Waals surface area contributed by atoms with Crippen molar-refractivity contribution >= 4 is 23.9 Å². The van der Waals surface area contributed by atoms with Crippen molar-refractivity contribution in [3.63, 3.8) is 0 Å². The van der Waals surface area contributed by atoms with Gasteiger partial charge in [0.25, 0.3) is 0 Å². The molecule has 0 aliphatic rings. The molecule has 0 saturated carbocycles. The first kappa shape index (κ1) is 18.6. The van der Waals surface area contributed by atoms with Crippen molar-refractivity contribution in [2.45, 2.75) is 64.9 Å². The van der Waals surface area contributed by atoms with E-state index in [-0.39, 0.29) is 0 Å². The van der Waals surface area contributed by atoms with Crippen LogP contribution >= 0.6 is 23.9 Å². The molecule has 0 rings (SSSR count). The fraction of sp³-hybridized carbons (Fsp3) is 1.00. The maximum atomic E-state index is 2.54. The third kappa shape index (κ3) is 9.54. The summed E-state index contributed by atoms with van der Waals surface area (Å²) in [4.78, 5) is 0. The van der Waals surface area contributed by atoms with Crippen LogP contribution in [0.3, 0.4) is 0 Å². The molecule has 0 heterocycles. The van der Waals surface area contributed by atoms with Crippen LogP contribution in [0, 0.1) is 0 Å². The Labute approximate surface area is 124 Å². The summed E-state index contributed by atoms with van der Waals surface area (Å²) in [5.41, 5.74) is 0. The van der Waals surface area contributed by atoms with Gasteiger partial charge in [-0.15, -0.1) is 0 Å². The van der Waals surface area contributed by atoms with E-state index in [2.05, 4.69) is 43.2 Å². The summed E-state index contributed by atoms with van der Waals surface area (Å²) in [7, 11) is 0. The van der Waals surface area contributed by atoms with Crippen molar-refractivity contribution in [3.05, 3.63) is 0 Å². The van der Waals surface area contributed by atoms with Gasteiger partial charge in [0.15, 0.2) is 0 Å². The van der Waals surface area contributed by atoms with Crippen LogP contribution in [-0.4, -0.2) is 39.4 Å². The first-order valence-corrected chi connectivity index (χ1v) is 9.18. The SMILES string of the molecule is CCCN(CCC)SC(C)SN(CCC)CCC. The van der Waals surface area contributed by atoms with Crippen LogP contribution in [0.2, 0.25) is 0 Å². The van der Waals surface area contributed by atoms with Crippen LogP contribution < -0.4 is 0 Å². The predicted octanol–water partition coefficient (Wildman–Crippen LogP) is 4.87. The molecule has 0 saturated heterocycles. The summed E-state index contributed by atoms with van der Waals surface area (Å²) < 4.78 is 5.70. The molecule has 0 aromatic rings. The average molecular weight is 293 g/mol. The molecule has 0 aliphatic carbocycles. The minimum Gasteiger partial charge on any atom is -0.250 e. The van der Waals surface area contributed by atoms with Crippen molar-refractivity contribution < 1.29 is 0 Å². The van der Waals surface area contributed by atoms with Gasteiger partial charge in [0.1, 0.15) is 0 Å². The summed E-state index contributed by atoms with van der Waals surface area (Å²) >= 11 is 4.06. The van der Waals surface area contributed by atoms with Crippen LogP contribution in [0.25, 0.3) is 0 Å². The summed E-state index contributed by atoms with van der Waals surface area (Å²) in [6, 6.07) is 0. The Balaban J connectivity index is 4.05. The molecule has 18 heavy (non-hydrogen) atoms. The quantitative estimate of drug-likeness (QED) is 0.374. The first-order valence-electron chi connectivity index (χ1n) is 7.51. The molecular formula is C14H32N2S2. The molecule has 2 nitrogen and oxygen atoms in total. The highest BCUT2D eigenvalue weighted by atomic mass is 32.2. The molecule has 0 amide bonds. The molecule has 4 heteroatoms. The monoisotopic (exact) mass is 292 g/mol. The number of nitrogens with zero attached hydrogens (tertiary/aromatic N) is 2. The zero-order valence-corrected chi connectivity index (χ0v) is 14.6. The Bertz CT molecular complexity index is 149. The van der Waals surface area contributed by atoms with Gasteiger partial charge in [-0.25, -0.2) is 8.61 Å². The topological polar surface area (TPSA) is 6.48 Å². The summed E-state index contributed by atoms with van der Waals surface area (Å²) in [5, 5.41) is 0. The van der Waals surface area contributed by atoms with Crippen LogP contribution in [0.4, 0.5) is 0 Å². The molecule has 0 spiro atoms. The second-order valence-corrected chi connectivity index (χ2v) is 7.80. The summed E-state index contributed by atoms with van der Waals surface area (Å²) in [6.07, 6.45) is 4.99. The Morgan fingerprint density at radius 1 is 0.667 bits per heavy atom. The van der Waals surface area contributed by atoms with Crippen molar-refractivity contribution in [1.29, 1.82) is 0 Å². The molecule has 0 aromatic heterocycles. The zero-order valence-electron chi connectivity index (χ0n) is 12.9. The standard InChI is InChI=1S/C14H32N2S2/c1-6-10-15(11-7-2)17-14(5)18-16(12-8-3)13-9-4/h14H,6-13H2,1-5H3. The number of hydrogen-bond donors (Lipinski definition) is 0. The van der Waals surface area contributed by atoms with E-state index in [0.717, 1.165) is 0 Å². The van der Waals surface area contributed by atoms with Crippen LogP contribution in [0.5, 0.6) is 0 Å². The molecule has 0 radical (unpaired) electrons. The van der Waals surface area contributed by atoms with Gasteiger partial charge in [-0.3, -0.25) is 0 Å². The van der Waals surface area contributed by atoms with Gasteiger partial charge < -0.3 is 0 Å². The Kier molecular flexibility index (Phi) is 13.1. The van der Waals surface area contributed by atoms with E-state index in [1.165, 1.54) is 51.9 Å². The lowest BCUT2D eigenvalue weighted by molar-refractivity contribution is 0.461. The lowest BCUT2D eigenvalue weighted by atomic mass is 10.4. The Morgan fingerprint density at radius 2 is 0.944 bits per heavy atom. The maximum Gasteiger partial charge on any atom is 0.0768 e. The minimum atomic E-state index is 0.626. The first-order chi connectivity index (χ1) is 8.67. The second kappa shape index (κ2) is 12.6. The molecule has 0 aliphatic heterocycles. The van der Waals surface area contributed by atoms with Gasteiger partial charge in [-0.05, 0) is 32.6 Å². The smallest absolute Gasteiger partial charge is 0.0768 e. The fourth-order valence-corrected chi connectivity index (χ4v) is 4.75. The highest BCUT2D eigenvalue weighted by Gasteiger charge is 2.14.